The van der Waals surface area contributed by atoms with Crippen LogP contribution in [-0.4, -0.2) is 11.0 Å². The SMILES string of the molecule is C[C@H](Nc1cc(Cl)ccc1[N+](=O)[O-])C12CC3CC(CC(C3)C1)C2. The van der Waals surface area contributed by atoms with Crippen molar-refractivity contribution in [1.29, 1.82) is 0 Å². The predicted molar refractivity (Wildman–Crippen MR) is 91.8 cm³/mol. The van der Waals surface area contributed by atoms with Crippen LogP contribution in [0.2, 0.25) is 5.02 Å². The molecular formula is C18H23ClN2O2. The Morgan fingerprint density at radius 2 is 1.78 bits per heavy atom. The number of hydrogen-bond donors (Lipinski definition) is 1. The molecule has 5 rings (SSSR count). The maximum absolute atomic E-state index is 11.3. The number of nitro benzene ring substituents is 1. The van der Waals surface area contributed by atoms with E-state index in [0.29, 0.717) is 16.1 Å². The first-order valence-electron chi connectivity index (χ1n) is 8.66. The molecule has 4 fully saturated rings. The van der Waals surface area contributed by atoms with Crippen LogP contribution in [0.15, 0.2) is 18.2 Å². The quantitative estimate of drug-likeness (QED) is 0.603. The lowest BCUT2D eigenvalue weighted by Crippen LogP contribution is -2.52. The minimum atomic E-state index is -0.328. The van der Waals surface area contributed by atoms with Gasteiger partial charge in [-0.3, -0.25) is 10.1 Å². The van der Waals surface area contributed by atoms with Crippen LogP contribution in [0.1, 0.15) is 45.4 Å². The fourth-order valence-corrected chi connectivity index (χ4v) is 6.05. The van der Waals surface area contributed by atoms with E-state index in [1.54, 1.807) is 12.1 Å². The molecule has 0 aromatic heterocycles. The summed E-state index contributed by atoms with van der Waals surface area (Å²) in [5.74, 6) is 2.62. The lowest BCUT2D eigenvalue weighted by molar-refractivity contribution is -0.384. The molecule has 5 heteroatoms. The molecule has 4 saturated carbocycles. The van der Waals surface area contributed by atoms with Gasteiger partial charge < -0.3 is 5.32 Å². The van der Waals surface area contributed by atoms with E-state index >= 15 is 0 Å². The average Bonchev–Trinajstić information content (AvgIpc) is 2.45. The molecule has 0 unspecified atom stereocenters. The molecular weight excluding hydrogens is 312 g/mol. The number of nitro groups is 1. The van der Waals surface area contributed by atoms with E-state index in [1.165, 1.54) is 44.6 Å². The standard InChI is InChI=1S/C18H23ClN2O2/c1-11(20-16-7-15(19)2-3-17(16)21(22)23)18-8-12-4-13(9-18)6-14(5-12)10-18/h2-3,7,11-14,20H,4-6,8-10H2,1H3/t11-,12?,13?,14?,18?/m0/s1. The van der Waals surface area contributed by atoms with Gasteiger partial charge in [0.05, 0.1) is 4.92 Å². The first-order valence-corrected chi connectivity index (χ1v) is 9.03. The maximum Gasteiger partial charge on any atom is 0.292 e. The number of nitrogens with one attached hydrogen (secondary N) is 1. The van der Waals surface area contributed by atoms with Crippen molar-refractivity contribution >= 4 is 23.0 Å². The zero-order valence-corrected chi connectivity index (χ0v) is 14.2. The van der Waals surface area contributed by atoms with Crippen LogP contribution in [0, 0.1) is 33.3 Å². The van der Waals surface area contributed by atoms with Crippen molar-refractivity contribution in [3.63, 3.8) is 0 Å². The van der Waals surface area contributed by atoms with E-state index in [-0.39, 0.29) is 16.7 Å². The van der Waals surface area contributed by atoms with Crippen LogP contribution in [-0.2, 0) is 0 Å². The second-order valence-electron chi connectivity index (χ2n) is 8.06. The Morgan fingerprint density at radius 1 is 1.22 bits per heavy atom. The van der Waals surface area contributed by atoms with Crippen LogP contribution in [0.25, 0.3) is 0 Å². The fourth-order valence-electron chi connectivity index (χ4n) is 5.88. The summed E-state index contributed by atoms with van der Waals surface area (Å²) in [7, 11) is 0. The third kappa shape index (κ3) is 2.61. The fraction of sp³-hybridized carbons (Fsp3) is 0.667. The van der Waals surface area contributed by atoms with Gasteiger partial charge in [-0.2, -0.15) is 0 Å². The molecule has 1 aromatic carbocycles. The lowest BCUT2D eigenvalue weighted by atomic mass is 9.48. The van der Waals surface area contributed by atoms with Gasteiger partial charge >= 0.3 is 0 Å². The molecule has 4 aliphatic rings. The zero-order chi connectivity index (χ0) is 16.2. The third-order valence-corrected chi connectivity index (χ3v) is 6.77. The predicted octanol–water partition coefficient (Wildman–Crippen LogP) is 5.27. The van der Waals surface area contributed by atoms with E-state index in [4.69, 9.17) is 11.6 Å². The Morgan fingerprint density at radius 3 is 2.30 bits per heavy atom. The summed E-state index contributed by atoms with van der Waals surface area (Å²) in [6, 6.07) is 5.02. The molecule has 1 atom stereocenters. The second kappa shape index (κ2) is 5.37. The highest BCUT2D eigenvalue weighted by molar-refractivity contribution is 6.31. The molecule has 23 heavy (non-hydrogen) atoms. The van der Waals surface area contributed by atoms with Gasteiger partial charge in [0, 0.05) is 17.1 Å². The second-order valence-corrected chi connectivity index (χ2v) is 8.50. The summed E-state index contributed by atoms with van der Waals surface area (Å²) in [4.78, 5) is 11.0. The van der Waals surface area contributed by atoms with Gasteiger partial charge in [0.15, 0.2) is 0 Å². The van der Waals surface area contributed by atoms with Crippen molar-refractivity contribution in [1.82, 2.24) is 0 Å². The Balaban J connectivity index is 1.60. The lowest BCUT2D eigenvalue weighted by Gasteiger charge is -2.59. The van der Waals surface area contributed by atoms with Gasteiger partial charge in [0.1, 0.15) is 5.69 Å². The highest BCUT2D eigenvalue weighted by Crippen LogP contribution is 2.61. The first-order chi connectivity index (χ1) is 10.9. The first kappa shape index (κ1) is 15.3. The summed E-state index contributed by atoms with van der Waals surface area (Å²) < 4.78 is 0. The van der Waals surface area contributed by atoms with Gasteiger partial charge in [-0.15, -0.1) is 0 Å². The van der Waals surface area contributed by atoms with Crippen molar-refractivity contribution in [3.8, 4) is 0 Å². The number of halogens is 1. The van der Waals surface area contributed by atoms with Crippen molar-refractivity contribution in [3.05, 3.63) is 33.3 Å². The minimum Gasteiger partial charge on any atom is -0.376 e. The average molecular weight is 335 g/mol. The molecule has 0 amide bonds. The van der Waals surface area contributed by atoms with E-state index < -0.39 is 0 Å². The number of rotatable bonds is 4. The summed E-state index contributed by atoms with van der Waals surface area (Å²) in [5, 5.41) is 15.3. The van der Waals surface area contributed by atoms with Crippen molar-refractivity contribution in [2.24, 2.45) is 23.2 Å². The summed E-state index contributed by atoms with van der Waals surface area (Å²) in [6.45, 7) is 2.21. The molecule has 0 spiro atoms. The molecule has 4 bridgehead atoms. The van der Waals surface area contributed by atoms with Gasteiger partial charge in [0.2, 0.25) is 0 Å². The van der Waals surface area contributed by atoms with Crippen molar-refractivity contribution < 1.29 is 4.92 Å². The summed E-state index contributed by atoms with van der Waals surface area (Å²) in [6.07, 6.45) is 8.06. The molecule has 124 valence electrons. The molecule has 4 aliphatic carbocycles. The molecule has 0 saturated heterocycles. The third-order valence-electron chi connectivity index (χ3n) is 6.53. The Hall–Kier alpha value is -1.29. The molecule has 0 aliphatic heterocycles. The van der Waals surface area contributed by atoms with Crippen molar-refractivity contribution in [2.75, 3.05) is 5.32 Å². The summed E-state index contributed by atoms with van der Waals surface area (Å²) >= 11 is 6.06. The molecule has 0 heterocycles. The molecule has 1 N–H and O–H groups in total. The smallest absolute Gasteiger partial charge is 0.292 e. The number of nitrogens with zero attached hydrogens (tertiary/aromatic N) is 1. The van der Waals surface area contributed by atoms with Crippen LogP contribution in [0.3, 0.4) is 0 Å². The van der Waals surface area contributed by atoms with Crippen LogP contribution in [0.4, 0.5) is 11.4 Å². The van der Waals surface area contributed by atoms with Gasteiger partial charge in [0.25, 0.3) is 5.69 Å². The topological polar surface area (TPSA) is 55.2 Å². The Kier molecular flexibility index (Phi) is 3.56. The van der Waals surface area contributed by atoms with E-state index in [9.17, 15) is 10.1 Å². The maximum atomic E-state index is 11.3. The number of anilines is 1. The Labute approximate surface area is 141 Å². The number of hydrogen-bond acceptors (Lipinski definition) is 3. The normalized spacial score (nSPS) is 36.0. The molecule has 0 radical (unpaired) electrons. The highest BCUT2D eigenvalue weighted by atomic mass is 35.5. The highest BCUT2D eigenvalue weighted by Gasteiger charge is 2.53. The van der Waals surface area contributed by atoms with Crippen LogP contribution >= 0.6 is 11.6 Å². The number of benzene rings is 1. The van der Waals surface area contributed by atoms with E-state index in [0.717, 1.165) is 17.8 Å². The van der Waals surface area contributed by atoms with Gasteiger partial charge in [-0.25, -0.2) is 0 Å². The van der Waals surface area contributed by atoms with Gasteiger partial charge in [-0.05, 0) is 80.8 Å². The molecule has 4 nitrogen and oxygen atoms in total. The zero-order valence-electron chi connectivity index (χ0n) is 13.4. The minimum absolute atomic E-state index is 0.117. The van der Waals surface area contributed by atoms with Crippen LogP contribution in [0.5, 0.6) is 0 Å². The molecule has 1 aromatic rings. The van der Waals surface area contributed by atoms with Crippen LogP contribution < -0.4 is 5.32 Å². The van der Waals surface area contributed by atoms with Gasteiger partial charge in [-0.1, -0.05) is 11.6 Å². The monoisotopic (exact) mass is 334 g/mol. The Bertz CT molecular complexity index is 611. The van der Waals surface area contributed by atoms with E-state index in [1.807, 2.05) is 0 Å². The van der Waals surface area contributed by atoms with Crippen molar-refractivity contribution in [2.45, 2.75) is 51.5 Å². The largest absolute Gasteiger partial charge is 0.376 e. The van der Waals surface area contributed by atoms with E-state index in [2.05, 4.69) is 12.2 Å². The summed E-state index contributed by atoms with van der Waals surface area (Å²) in [5.41, 5.74) is 0.988.